The first kappa shape index (κ1) is 16.2. The molecule has 116 valence electrons. The molecule has 1 fully saturated rings. The Balaban J connectivity index is 1.82. The number of amides is 1. The van der Waals surface area contributed by atoms with Crippen molar-refractivity contribution in [2.45, 2.75) is 26.0 Å². The van der Waals surface area contributed by atoms with Crippen molar-refractivity contribution in [1.82, 2.24) is 10.6 Å². The second-order valence-electron chi connectivity index (χ2n) is 4.98. The van der Waals surface area contributed by atoms with Crippen molar-refractivity contribution in [3.8, 4) is 5.75 Å². The quantitative estimate of drug-likeness (QED) is 0.747. The van der Waals surface area contributed by atoms with Crippen LogP contribution >= 0.6 is 15.9 Å². The molecule has 7 heteroatoms. The number of hydrogen-bond acceptors (Lipinski definition) is 3. The number of alkyl halides is 2. The van der Waals surface area contributed by atoms with Crippen LogP contribution in [-0.4, -0.2) is 25.6 Å². The van der Waals surface area contributed by atoms with Crippen LogP contribution in [0.15, 0.2) is 22.7 Å². The zero-order chi connectivity index (χ0) is 15.2. The van der Waals surface area contributed by atoms with E-state index in [9.17, 15) is 13.6 Å². The lowest BCUT2D eigenvalue weighted by molar-refractivity contribution is -0.120. The van der Waals surface area contributed by atoms with Gasteiger partial charge in [0.05, 0.1) is 6.54 Å². The summed E-state index contributed by atoms with van der Waals surface area (Å²) in [7, 11) is 0. The summed E-state index contributed by atoms with van der Waals surface area (Å²) in [5, 5.41) is 5.76. The van der Waals surface area contributed by atoms with Crippen molar-refractivity contribution in [2.24, 2.45) is 5.92 Å². The number of ether oxygens (including phenoxy) is 1. The van der Waals surface area contributed by atoms with Crippen LogP contribution in [0.2, 0.25) is 0 Å². The van der Waals surface area contributed by atoms with Crippen LogP contribution < -0.4 is 15.4 Å². The van der Waals surface area contributed by atoms with E-state index in [1.54, 1.807) is 12.1 Å². The highest BCUT2D eigenvalue weighted by Gasteiger charge is 2.20. The Morgan fingerprint density at radius 2 is 2.19 bits per heavy atom. The average molecular weight is 363 g/mol. The van der Waals surface area contributed by atoms with E-state index >= 15 is 0 Å². The third-order valence-corrected chi connectivity index (χ3v) is 3.62. The number of nitrogens with one attached hydrogen (secondary N) is 2. The van der Waals surface area contributed by atoms with Gasteiger partial charge < -0.3 is 15.4 Å². The fourth-order valence-corrected chi connectivity index (χ4v) is 2.27. The van der Waals surface area contributed by atoms with Crippen molar-refractivity contribution in [3.05, 3.63) is 28.2 Å². The first-order valence-electron chi connectivity index (χ1n) is 6.75. The Kier molecular flexibility index (Phi) is 5.93. The molecule has 1 aliphatic carbocycles. The summed E-state index contributed by atoms with van der Waals surface area (Å²) >= 11 is 3.27. The first-order valence-corrected chi connectivity index (χ1v) is 7.54. The summed E-state index contributed by atoms with van der Waals surface area (Å²) in [6.45, 7) is -1.66. The number of benzene rings is 1. The van der Waals surface area contributed by atoms with Crippen molar-refractivity contribution in [2.75, 3.05) is 13.1 Å². The second kappa shape index (κ2) is 7.70. The minimum atomic E-state index is -2.89. The van der Waals surface area contributed by atoms with Crippen LogP contribution in [0, 0.1) is 5.92 Å². The van der Waals surface area contributed by atoms with Crippen LogP contribution in [-0.2, 0) is 11.3 Å². The molecule has 0 aliphatic heterocycles. The molecule has 0 bridgehead atoms. The lowest BCUT2D eigenvalue weighted by Gasteiger charge is -2.12. The molecule has 0 spiro atoms. The van der Waals surface area contributed by atoms with Gasteiger partial charge in [0.1, 0.15) is 5.75 Å². The molecule has 1 amide bonds. The monoisotopic (exact) mass is 362 g/mol. The molecular formula is C14H17BrF2N2O2. The van der Waals surface area contributed by atoms with Crippen molar-refractivity contribution >= 4 is 21.8 Å². The molecule has 0 aromatic heterocycles. The molecule has 1 aliphatic rings. The van der Waals surface area contributed by atoms with Crippen LogP contribution in [0.4, 0.5) is 8.78 Å². The van der Waals surface area contributed by atoms with Gasteiger partial charge in [-0.05, 0) is 43.5 Å². The molecule has 0 atom stereocenters. The molecule has 0 saturated heterocycles. The zero-order valence-electron chi connectivity index (χ0n) is 11.4. The molecule has 1 aromatic rings. The topological polar surface area (TPSA) is 50.4 Å². The summed E-state index contributed by atoms with van der Waals surface area (Å²) in [6.07, 6.45) is 2.45. The van der Waals surface area contributed by atoms with E-state index in [1.165, 1.54) is 18.9 Å². The Bertz CT molecular complexity index is 496. The second-order valence-corrected chi connectivity index (χ2v) is 5.90. The van der Waals surface area contributed by atoms with E-state index in [0.717, 1.165) is 11.0 Å². The summed E-state index contributed by atoms with van der Waals surface area (Å²) in [5.41, 5.74) is 0.500. The largest absolute Gasteiger partial charge is 0.434 e. The summed E-state index contributed by atoms with van der Waals surface area (Å²) in [4.78, 5) is 11.7. The van der Waals surface area contributed by atoms with Gasteiger partial charge in [-0.15, -0.1) is 0 Å². The maximum Gasteiger partial charge on any atom is 0.387 e. The Morgan fingerprint density at radius 3 is 2.86 bits per heavy atom. The number of carbonyl (C=O) groups is 1. The number of rotatable bonds is 8. The van der Waals surface area contributed by atoms with Crippen molar-refractivity contribution in [3.63, 3.8) is 0 Å². The smallest absolute Gasteiger partial charge is 0.387 e. The molecule has 2 rings (SSSR count). The van der Waals surface area contributed by atoms with E-state index in [0.29, 0.717) is 11.5 Å². The molecule has 1 aromatic carbocycles. The minimum absolute atomic E-state index is 0.0689. The van der Waals surface area contributed by atoms with Crippen molar-refractivity contribution < 1.29 is 18.3 Å². The molecular weight excluding hydrogens is 346 g/mol. The number of carbonyl (C=O) groups excluding carboxylic acids is 1. The molecule has 0 heterocycles. The number of halogens is 3. The van der Waals surface area contributed by atoms with Gasteiger partial charge in [-0.25, -0.2) is 0 Å². The lowest BCUT2D eigenvalue weighted by Crippen LogP contribution is -2.34. The summed E-state index contributed by atoms with van der Waals surface area (Å²) < 4.78 is 29.8. The van der Waals surface area contributed by atoms with Gasteiger partial charge in [-0.1, -0.05) is 15.9 Å². The molecule has 1 saturated carbocycles. The van der Waals surface area contributed by atoms with Gasteiger partial charge >= 0.3 is 6.61 Å². The summed E-state index contributed by atoms with van der Waals surface area (Å²) in [6, 6.07) is 4.71. The molecule has 0 unspecified atom stereocenters. The van der Waals surface area contributed by atoms with E-state index in [4.69, 9.17) is 0 Å². The lowest BCUT2D eigenvalue weighted by atomic mass is 10.2. The van der Waals surface area contributed by atoms with E-state index in [1.807, 2.05) is 0 Å². The highest BCUT2D eigenvalue weighted by atomic mass is 79.9. The predicted molar refractivity (Wildman–Crippen MR) is 78.2 cm³/mol. The Hall–Kier alpha value is -1.21. The van der Waals surface area contributed by atoms with Crippen LogP contribution in [0.1, 0.15) is 18.4 Å². The molecule has 0 radical (unpaired) electrons. The standard InChI is InChI=1S/C14H17BrF2N2O2/c15-11-3-4-12(21-14(16)17)10(5-11)7-19-13(20)8-18-6-9-1-2-9/h3-5,9,14,18H,1-2,6-8H2,(H,19,20). The fraction of sp³-hybridized carbons (Fsp3) is 0.500. The van der Waals surface area contributed by atoms with Gasteiger partial charge in [0, 0.05) is 16.6 Å². The van der Waals surface area contributed by atoms with E-state index < -0.39 is 6.61 Å². The van der Waals surface area contributed by atoms with Gasteiger partial charge in [0.25, 0.3) is 0 Å². The van der Waals surface area contributed by atoms with Crippen LogP contribution in [0.5, 0.6) is 5.75 Å². The van der Waals surface area contributed by atoms with Gasteiger partial charge in [-0.3, -0.25) is 4.79 Å². The van der Waals surface area contributed by atoms with E-state index in [2.05, 4.69) is 31.3 Å². The highest BCUT2D eigenvalue weighted by molar-refractivity contribution is 9.10. The van der Waals surface area contributed by atoms with Crippen LogP contribution in [0.25, 0.3) is 0 Å². The zero-order valence-corrected chi connectivity index (χ0v) is 13.0. The molecule has 4 nitrogen and oxygen atoms in total. The minimum Gasteiger partial charge on any atom is -0.434 e. The Morgan fingerprint density at radius 1 is 1.43 bits per heavy atom. The Labute approximate surface area is 130 Å². The van der Waals surface area contributed by atoms with Gasteiger partial charge in [-0.2, -0.15) is 8.78 Å². The highest BCUT2D eigenvalue weighted by Crippen LogP contribution is 2.27. The predicted octanol–water partition coefficient (Wildman–Crippen LogP) is 2.67. The normalized spacial score (nSPS) is 14.3. The molecule has 2 N–H and O–H groups in total. The van der Waals surface area contributed by atoms with Gasteiger partial charge in [0.15, 0.2) is 0 Å². The summed E-state index contributed by atoms with van der Waals surface area (Å²) in [5.74, 6) is 0.604. The van der Waals surface area contributed by atoms with E-state index in [-0.39, 0.29) is 24.7 Å². The number of hydrogen-bond donors (Lipinski definition) is 2. The maximum atomic E-state index is 12.3. The van der Waals surface area contributed by atoms with Crippen molar-refractivity contribution in [1.29, 1.82) is 0 Å². The fourth-order valence-electron chi connectivity index (χ4n) is 1.87. The van der Waals surface area contributed by atoms with Crippen LogP contribution in [0.3, 0.4) is 0 Å². The third kappa shape index (κ3) is 5.97. The SMILES string of the molecule is O=C(CNCC1CC1)NCc1cc(Br)ccc1OC(F)F. The van der Waals surface area contributed by atoms with Gasteiger partial charge in [0.2, 0.25) is 5.91 Å². The maximum absolute atomic E-state index is 12.3. The third-order valence-electron chi connectivity index (χ3n) is 3.13. The first-order chi connectivity index (χ1) is 10.0. The average Bonchev–Trinajstić information content (AvgIpc) is 3.22. The molecule has 21 heavy (non-hydrogen) atoms.